The van der Waals surface area contributed by atoms with Gasteiger partial charge in [0.15, 0.2) is 0 Å². The number of phenols is 3. The van der Waals surface area contributed by atoms with E-state index in [1.807, 2.05) is 32.0 Å². The second-order valence-corrected chi connectivity index (χ2v) is 7.98. The Balaban J connectivity index is 2.16. The van der Waals surface area contributed by atoms with Gasteiger partial charge in [-0.05, 0) is 100 Å². The Morgan fingerprint density at radius 2 is 1.07 bits per heavy atom. The molecule has 0 bridgehead atoms. The number of phenolic OH excluding ortho intramolecular Hbond substituents is 3. The second kappa shape index (κ2) is 7.12. The molecule has 0 saturated heterocycles. The van der Waals surface area contributed by atoms with Gasteiger partial charge in [0.2, 0.25) is 0 Å². The third kappa shape index (κ3) is 3.14. The first-order chi connectivity index (χ1) is 13.8. The first-order valence-electron chi connectivity index (χ1n) is 10.0. The van der Waals surface area contributed by atoms with Crippen LogP contribution in [0.15, 0.2) is 36.4 Å². The Morgan fingerprint density at radius 1 is 0.655 bits per heavy atom. The van der Waals surface area contributed by atoms with Crippen LogP contribution < -0.4 is 0 Å². The lowest BCUT2D eigenvalue weighted by molar-refractivity contribution is 0.161. The highest BCUT2D eigenvalue weighted by molar-refractivity contribution is 6.26. The Hall–Kier alpha value is -2.98. The highest BCUT2D eigenvalue weighted by atomic mass is 16.3. The Morgan fingerprint density at radius 3 is 1.55 bits per heavy atom. The molecule has 29 heavy (non-hydrogen) atoms. The van der Waals surface area contributed by atoms with Gasteiger partial charge in [-0.15, -0.1) is 0 Å². The van der Waals surface area contributed by atoms with Gasteiger partial charge in [0.05, 0.1) is 6.10 Å². The van der Waals surface area contributed by atoms with Gasteiger partial charge in [-0.3, -0.25) is 0 Å². The minimum Gasteiger partial charge on any atom is -0.508 e. The van der Waals surface area contributed by atoms with Crippen LogP contribution in [0.1, 0.15) is 49.0 Å². The summed E-state index contributed by atoms with van der Waals surface area (Å²) in [6, 6.07) is 10.8. The highest BCUT2D eigenvalue weighted by Crippen LogP contribution is 2.43. The van der Waals surface area contributed by atoms with E-state index in [4.69, 9.17) is 0 Å². The highest BCUT2D eigenvalue weighted by Gasteiger charge is 2.18. The van der Waals surface area contributed by atoms with E-state index in [-0.39, 0.29) is 17.2 Å². The second-order valence-electron chi connectivity index (χ2n) is 7.98. The molecule has 1 atom stereocenters. The molecule has 0 heterocycles. The summed E-state index contributed by atoms with van der Waals surface area (Å²) in [5.41, 5.74) is 2.00. The number of unbranched alkanes of at least 4 members (excludes halogenated alkanes) is 1. The largest absolute Gasteiger partial charge is 0.508 e. The number of fused-ring (bicyclic) bond motifs is 6. The summed E-state index contributed by atoms with van der Waals surface area (Å²) in [6.07, 6.45) is 1.71. The summed E-state index contributed by atoms with van der Waals surface area (Å²) >= 11 is 0. The van der Waals surface area contributed by atoms with Crippen LogP contribution in [0.2, 0.25) is 0 Å². The third-order valence-electron chi connectivity index (χ3n) is 5.90. The van der Waals surface area contributed by atoms with Crippen LogP contribution in [0.3, 0.4) is 0 Å². The molecule has 150 valence electrons. The molecule has 1 unspecified atom stereocenters. The molecule has 0 radical (unpaired) electrons. The van der Waals surface area contributed by atoms with Gasteiger partial charge in [-0.2, -0.15) is 0 Å². The summed E-state index contributed by atoms with van der Waals surface area (Å²) in [7, 11) is 0. The van der Waals surface area contributed by atoms with Crippen molar-refractivity contribution in [2.45, 2.75) is 46.1 Å². The molecular formula is C25H26O4. The predicted octanol–water partition coefficient (Wildman–Crippen LogP) is 6.10. The van der Waals surface area contributed by atoms with E-state index in [9.17, 15) is 20.4 Å². The first kappa shape index (κ1) is 19.3. The monoisotopic (exact) mass is 390 g/mol. The number of aliphatic hydroxyl groups is 1. The fraction of sp³-hybridized carbons (Fsp3) is 0.280. The number of hydrogen-bond donors (Lipinski definition) is 4. The van der Waals surface area contributed by atoms with Gasteiger partial charge >= 0.3 is 0 Å². The van der Waals surface area contributed by atoms with Gasteiger partial charge in [0.25, 0.3) is 0 Å². The van der Waals surface area contributed by atoms with Gasteiger partial charge in [0, 0.05) is 5.56 Å². The predicted molar refractivity (Wildman–Crippen MR) is 118 cm³/mol. The summed E-state index contributed by atoms with van der Waals surface area (Å²) in [6.45, 7) is 5.74. The normalized spacial score (nSPS) is 12.8. The van der Waals surface area contributed by atoms with Crippen LogP contribution in [0.4, 0.5) is 0 Å². The molecule has 4 aromatic carbocycles. The standard InChI is InChI=1S/C25H26O4/c1-4-5-6-22(26)21-9-17-15-7-13(2)23(27)10-18(15)19-11-24(28)14(3)8-16(19)20(17)12-25(21)29/h7-12,22,26-29H,4-6H2,1-3H3. The maximum atomic E-state index is 10.7. The molecular weight excluding hydrogens is 364 g/mol. The van der Waals surface area contributed by atoms with Crippen LogP contribution in [0.5, 0.6) is 17.2 Å². The first-order valence-corrected chi connectivity index (χ1v) is 10.0. The fourth-order valence-corrected chi connectivity index (χ4v) is 4.15. The van der Waals surface area contributed by atoms with E-state index in [1.165, 1.54) is 0 Å². The van der Waals surface area contributed by atoms with Crippen molar-refractivity contribution in [3.63, 3.8) is 0 Å². The number of aromatic hydroxyl groups is 3. The van der Waals surface area contributed by atoms with Gasteiger partial charge in [-0.1, -0.05) is 19.8 Å². The van der Waals surface area contributed by atoms with Crippen LogP contribution in [-0.2, 0) is 0 Å². The van der Waals surface area contributed by atoms with E-state index in [2.05, 4.69) is 6.92 Å². The molecule has 0 amide bonds. The van der Waals surface area contributed by atoms with Crippen molar-refractivity contribution < 1.29 is 20.4 Å². The zero-order valence-electron chi connectivity index (χ0n) is 17.0. The molecule has 4 heteroatoms. The smallest absolute Gasteiger partial charge is 0.122 e. The number of aryl methyl sites for hydroxylation is 2. The Bertz CT molecular complexity index is 1220. The maximum absolute atomic E-state index is 10.7. The molecule has 4 aromatic rings. The Kier molecular flexibility index (Phi) is 4.75. The number of aliphatic hydroxyl groups excluding tert-OH is 1. The SMILES string of the molecule is CCCCC(O)c1cc2c3cc(C)c(O)cc3c3cc(O)c(C)cc3c2cc1O. The zero-order valence-corrected chi connectivity index (χ0v) is 17.0. The van der Waals surface area contributed by atoms with Crippen molar-refractivity contribution in [3.05, 3.63) is 53.1 Å². The van der Waals surface area contributed by atoms with Crippen molar-refractivity contribution in [2.24, 2.45) is 0 Å². The van der Waals surface area contributed by atoms with Crippen LogP contribution in [0, 0.1) is 13.8 Å². The summed E-state index contributed by atoms with van der Waals surface area (Å²) in [5, 5.41) is 47.1. The number of rotatable bonds is 4. The minimum atomic E-state index is -0.732. The van der Waals surface area contributed by atoms with Gasteiger partial charge in [0.1, 0.15) is 17.2 Å². The maximum Gasteiger partial charge on any atom is 0.122 e. The average molecular weight is 390 g/mol. The van der Waals surface area contributed by atoms with Crippen molar-refractivity contribution in [3.8, 4) is 17.2 Å². The molecule has 0 aliphatic carbocycles. The molecule has 0 aliphatic heterocycles. The lowest BCUT2D eigenvalue weighted by Gasteiger charge is -2.17. The van der Waals surface area contributed by atoms with E-state index >= 15 is 0 Å². The van der Waals surface area contributed by atoms with E-state index < -0.39 is 6.10 Å². The average Bonchev–Trinajstić information content (AvgIpc) is 2.69. The molecule has 0 saturated carbocycles. The molecule has 0 fully saturated rings. The van der Waals surface area contributed by atoms with Crippen LogP contribution >= 0.6 is 0 Å². The zero-order chi connectivity index (χ0) is 20.9. The van der Waals surface area contributed by atoms with Crippen molar-refractivity contribution in [1.82, 2.24) is 0 Å². The van der Waals surface area contributed by atoms with Crippen LogP contribution in [-0.4, -0.2) is 20.4 Å². The quantitative estimate of drug-likeness (QED) is 0.317. The van der Waals surface area contributed by atoms with Crippen molar-refractivity contribution in [1.29, 1.82) is 0 Å². The third-order valence-corrected chi connectivity index (χ3v) is 5.90. The number of benzene rings is 4. The molecule has 4 N–H and O–H groups in total. The molecule has 0 spiro atoms. The molecule has 4 rings (SSSR count). The lowest BCUT2D eigenvalue weighted by atomic mass is 9.89. The minimum absolute atomic E-state index is 0.0722. The molecule has 0 aromatic heterocycles. The van der Waals surface area contributed by atoms with E-state index in [1.54, 1.807) is 18.2 Å². The van der Waals surface area contributed by atoms with Gasteiger partial charge < -0.3 is 20.4 Å². The summed E-state index contributed by atoms with van der Waals surface area (Å²) < 4.78 is 0. The van der Waals surface area contributed by atoms with Crippen LogP contribution in [0.25, 0.3) is 32.3 Å². The summed E-state index contributed by atoms with van der Waals surface area (Å²) in [5.74, 6) is 0.456. The summed E-state index contributed by atoms with van der Waals surface area (Å²) in [4.78, 5) is 0. The van der Waals surface area contributed by atoms with Crippen molar-refractivity contribution >= 4 is 32.3 Å². The van der Waals surface area contributed by atoms with E-state index in [0.717, 1.165) is 56.3 Å². The molecule has 0 aliphatic rings. The molecule has 4 nitrogen and oxygen atoms in total. The lowest BCUT2D eigenvalue weighted by Crippen LogP contribution is -1.98. The van der Waals surface area contributed by atoms with Crippen molar-refractivity contribution in [2.75, 3.05) is 0 Å². The van der Waals surface area contributed by atoms with E-state index in [0.29, 0.717) is 12.0 Å². The van der Waals surface area contributed by atoms with Gasteiger partial charge in [-0.25, -0.2) is 0 Å². The number of hydrogen-bond acceptors (Lipinski definition) is 4. The topological polar surface area (TPSA) is 80.9 Å². The Labute approximate surface area is 169 Å². The fourth-order valence-electron chi connectivity index (χ4n) is 4.15.